The van der Waals surface area contributed by atoms with Gasteiger partial charge in [-0.3, -0.25) is 0 Å². The molecule has 42 valence electrons. The van der Waals surface area contributed by atoms with Crippen LogP contribution >= 0.6 is 23.2 Å². The average Bonchev–Trinajstić information content (AvgIpc) is 1.64. The maximum atomic E-state index is 5.30. The molecule has 0 aliphatic carbocycles. The maximum absolute atomic E-state index is 5.30. The smallest absolute Gasteiger partial charge is 0.206 e. The summed E-state index contributed by atoms with van der Waals surface area (Å²) in [4.78, 5) is 10.5. The van der Waals surface area contributed by atoms with E-state index in [2.05, 4.69) is 15.0 Å². The zero-order chi connectivity index (χ0) is 5.98. The van der Waals surface area contributed by atoms with Crippen molar-refractivity contribution in [2.24, 2.45) is 0 Å². The molecule has 1 aromatic heterocycles. The zero-order valence-electron chi connectivity index (χ0n) is 4.67. The molecule has 6 heteroatoms. The Balaban J connectivity index is 0.000000640. The van der Waals surface area contributed by atoms with Crippen molar-refractivity contribution in [3.05, 3.63) is 16.9 Å². The van der Waals surface area contributed by atoms with Gasteiger partial charge in [0, 0.05) is 0 Å². The van der Waals surface area contributed by atoms with E-state index in [1.807, 2.05) is 0 Å². The summed E-state index contributed by atoms with van der Waals surface area (Å²) in [7, 11) is 0. The van der Waals surface area contributed by atoms with Crippen LogP contribution in [0.2, 0.25) is 10.6 Å². The summed E-state index contributed by atoms with van der Waals surface area (Å²) in [5, 5.41) is 0.231. The van der Waals surface area contributed by atoms with Crippen LogP contribution in [0.15, 0.2) is 6.33 Å². The van der Waals surface area contributed by atoms with Crippen molar-refractivity contribution in [2.45, 2.75) is 0 Å². The Hall–Kier alpha value is 0.590. The summed E-state index contributed by atoms with van der Waals surface area (Å²) < 4.78 is 0. The van der Waals surface area contributed by atoms with Crippen LogP contribution in [0, 0.1) is 0 Å². The standard InChI is InChI=1S/C3HCl2N3.Na/c4-2-6-1-7-3(5)8-2;/h1H;/q;+1. The van der Waals surface area contributed by atoms with Crippen LogP contribution in [-0.2, 0) is 0 Å². The summed E-state index contributed by atoms with van der Waals surface area (Å²) >= 11 is 10.6. The predicted molar refractivity (Wildman–Crippen MR) is 29.8 cm³/mol. The van der Waals surface area contributed by atoms with Gasteiger partial charge in [-0.15, -0.1) is 0 Å². The quantitative estimate of drug-likeness (QED) is 0.433. The van der Waals surface area contributed by atoms with Crippen LogP contribution in [0.25, 0.3) is 0 Å². The fourth-order valence-electron chi connectivity index (χ4n) is 0.258. The van der Waals surface area contributed by atoms with Crippen LogP contribution in [0.5, 0.6) is 0 Å². The number of halogens is 2. The van der Waals surface area contributed by atoms with Crippen LogP contribution in [0.1, 0.15) is 0 Å². The Labute approximate surface area is 84.1 Å². The largest absolute Gasteiger partial charge is 1.00 e. The second-order valence-corrected chi connectivity index (χ2v) is 1.70. The number of aromatic nitrogens is 3. The van der Waals surface area contributed by atoms with Gasteiger partial charge in [-0.25, -0.2) is 9.97 Å². The minimum Gasteiger partial charge on any atom is -0.206 e. The first-order chi connectivity index (χ1) is 3.79. The van der Waals surface area contributed by atoms with Gasteiger partial charge in [0.15, 0.2) is 0 Å². The minimum atomic E-state index is 0. The molecule has 0 atom stereocenters. The molecule has 9 heavy (non-hydrogen) atoms. The third kappa shape index (κ3) is 3.33. The molecule has 1 rings (SSSR count). The Morgan fingerprint density at radius 1 is 1.11 bits per heavy atom. The van der Waals surface area contributed by atoms with Gasteiger partial charge >= 0.3 is 29.6 Å². The fourth-order valence-corrected chi connectivity index (χ4v) is 0.549. The first-order valence-electron chi connectivity index (χ1n) is 1.79. The van der Waals surface area contributed by atoms with Crippen molar-refractivity contribution in [3.63, 3.8) is 0 Å². The van der Waals surface area contributed by atoms with E-state index in [4.69, 9.17) is 23.2 Å². The van der Waals surface area contributed by atoms with Gasteiger partial charge in [0.2, 0.25) is 10.6 Å². The van der Waals surface area contributed by atoms with Crippen LogP contribution < -0.4 is 29.6 Å². The van der Waals surface area contributed by atoms with Crippen molar-refractivity contribution in [1.82, 2.24) is 15.0 Å². The number of nitrogens with zero attached hydrogens (tertiary/aromatic N) is 3. The van der Waals surface area contributed by atoms with E-state index in [9.17, 15) is 0 Å². The van der Waals surface area contributed by atoms with Gasteiger partial charge in [0.1, 0.15) is 6.33 Å². The van der Waals surface area contributed by atoms with E-state index in [1.165, 1.54) is 6.33 Å². The third-order valence-electron chi connectivity index (χ3n) is 0.513. The molecular weight excluding hydrogens is 172 g/mol. The SMILES string of the molecule is Clc1ncnc(Cl)n1.[Na+]. The summed E-state index contributed by atoms with van der Waals surface area (Å²) in [6, 6.07) is 0. The second-order valence-electron chi connectivity index (χ2n) is 1.02. The average molecular weight is 173 g/mol. The van der Waals surface area contributed by atoms with E-state index in [0.29, 0.717) is 0 Å². The molecule has 1 heterocycles. The third-order valence-corrected chi connectivity index (χ3v) is 0.877. The van der Waals surface area contributed by atoms with Crippen LogP contribution in [0.4, 0.5) is 0 Å². The monoisotopic (exact) mass is 172 g/mol. The van der Waals surface area contributed by atoms with Crippen molar-refractivity contribution in [3.8, 4) is 0 Å². The predicted octanol–water partition coefficient (Wildman–Crippen LogP) is -1.82. The van der Waals surface area contributed by atoms with Gasteiger partial charge in [0.25, 0.3) is 0 Å². The van der Waals surface area contributed by atoms with Gasteiger partial charge in [0.05, 0.1) is 0 Å². The van der Waals surface area contributed by atoms with Gasteiger partial charge in [-0.1, -0.05) is 0 Å². The maximum Gasteiger partial charge on any atom is 1.00 e. The molecule has 0 radical (unpaired) electrons. The summed E-state index contributed by atoms with van der Waals surface area (Å²) in [5.41, 5.74) is 0. The van der Waals surface area contributed by atoms with Gasteiger partial charge < -0.3 is 0 Å². The van der Waals surface area contributed by atoms with E-state index < -0.39 is 0 Å². The number of hydrogen-bond acceptors (Lipinski definition) is 3. The van der Waals surface area contributed by atoms with Crippen molar-refractivity contribution in [2.75, 3.05) is 0 Å². The van der Waals surface area contributed by atoms with Gasteiger partial charge in [-0.05, 0) is 23.2 Å². The molecule has 0 amide bonds. The minimum absolute atomic E-state index is 0. The van der Waals surface area contributed by atoms with Crippen LogP contribution in [-0.4, -0.2) is 15.0 Å². The molecule has 0 saturated carbocycles. The zero-order valence-corrected chi connectivity index (χ0v) is 8.19. The Morgan fingerprint density at radius 2 is 1.56 bits per heavy atom. The molecule has 0 aromatic carbocycles. The Kier molecular flexibility index (Phi) is 4.70. The first-order valence-corrected chi connectivity index (χ1v) is 2.54. The molecule has 0 aliphatic rings. The van der Waals surface area contributed by atoms with E-state index in [1.54, 1.807) is 0 Å². The van der Waals surface area contributed by atoms with Crippen molar-refractivity contribution < 1.29 is 29.6 Å². The van der Waals surface area contributed by atoms with Gasteiger partial charge in [-0.2, -0.15) is 4.98 Å². The Bertz CT molecular complexity index is 177. The summed E-state index contributed by atoms with van der Waals surface area (Å²) in [5.74, 6) is 0. The van der Waals surface area contributed by atoms with Crippen LogP contribution in [0.3, 0.4) is 0 Å². The first kappa shape index (κ1) is 9.59. The molecule has 0 bridgehead atoms. The Morgan fingerprint density at radius 3 is 1.78 bits per heavy atom. The molecule has 0 spiro atoms. The number of rotatable bonds is 0. The van der Waals surface area contributed by atoms with E-state index in [-0.39, 0.29) is 40.1 Å². The van der Waals surface area contributed by atoms with Crippen molar-refractivity contribution in [1.29, 1.82) is 0 Å². The molecule has 0 saturated heterocycles. The molecule has 0 aliphatic heterocycles. The molecular formula is C3HCl2N3Na+. The second kappa shape index (κ2) is 4.41. The number of hydrogen-bond donors (Lipinski definition) is 0. The summed E-state index contributed by atoms with van der Waals surface area (Å²) in [6.45, 7) is 0. The molecule has 0 fully saturated rings. The summed E-state index contributed by atoms with van der Waals surface area (Å²) in [6.07, 6.45) is 1.25. The normalized spacial score (nSPS) is 8.22. The fraction of sp³-hybridized carbons (Fsp3) is 0. The molecule has 3 nitrogen and oxygen atoms in total. The van der Waals surface area contributed by atoms with Crippen molar-refractivity contribution >= 4 is 23.2 Å². The topological polar surface area (TPSA) is 38.7 Å². The molecule has 0 N–H and O–H groups in total. The van der Waals surface area contributed by atoms with E-state index >= 15 is 0 Å². The molecule has 1 aromatic rings. The molecule has 0 unspecified atom stereocenters. The van der Waals surface area contributed by atoms with E-state index in [0.717, 1.165) is 0 Å².